The molecule has 2 heteroatoms. The molecule has 0 atom stereocenters. The molecule has 11 heavy (non-hydrogen) atoms. The second-order valence-corrected chi connectivity index (χ2v) is 1.66. The minimum atomic E-state index is -0.240. The zero-order valence-corrected chi connectivity index (χ0v) is 7.10. The molecule has 0 bridgehead atoms. The summed E-state index contributed by atoms with van der Waals surface area (Å²) in [6.07, 6.45) is 0. The SMILES string of the molecule is CC.COc1ccc(F)cc1. The molecule has 0 radical (unpaired) electrons. The minimum Gasteiger partial charge on any atom is -0.497 e. The first-order valence-corrected chi connectivity index (χ1v) is 3.62. The lowest BCUT2D eigenvalue weighted by Crippen LogP contribution is -1.80. The van der Waals surface area contributed by atoms with Crippen LogP contribution in [0.4, 0.5) is 4.39 Å². The van der Waals surface area contributed by atoms with Crippen molar-refractivity contribution < 1.29 is 9.13 Å². The monoisotopic (exact) mass is 156 g/mol. The van der Waals surface area contributed by atoms with Crippen molar-refractivity contribution in [2.45, 2.75) is 13.8 Å². The molecule has 0 N–H and O–H groups in total. The molecule has 0 aliphatic heterocycles. The molecule has 1 rings (SSSR count). The Hall–Kier alpha value is -1.05. The quantitative estimate of drug-likeness (QED) is 0.607. The third kappa shape index (κ3) is 3.61. The highest BCUT2D eigenvalue weighted by atomic mass is 19.1. The topological polar surface area (TPSA) is 9.23 Å². The fourth-order valence-corrected chi connectivity index (χ4v) is 0.571. The van der Waals surface area contributed by atoms with Crippen molar-refractivity contribution in [3.8, 4) is 5.75 Å². The van der Waals surface area contributed by atoms with Crippen LogP contribution in [0.15, 0.2) is 24.3 Å². The van der Waals surface area contributed by atoms with Gasteiger partial charge in [0.15, 0.2) is 0 Å². The number of methoxy groups -OCH3 is 1. The largest absolute Gasteiger partial charge is 0.497 e. The Morgan fingerprint density at radius 1 is 1.09 bits per heavy atom. The van der Waals surface area contributed by atoms with E-state index in [0.29, 0.717) is 5.75 Å². The van der Waals surface area contributed by atoms with Gasteiger partial charge in [-0.2, -0.15) is 0 Å². The van der Waals surface area contributed by atoms with Crippen molar-refractivity contribution in [1.82, 2.24) is 0 Å². The van der Waals surface area contributed by atoms with E-state index in [4.69, 9.17) is 4.74 Å². The molecule has 0 saturated carbocycles. The first-order chi connectivity index (χ1) is 5.33. The summed E-state index contributed by atoms with van der Waals surface area (Å²) in [6.45, 7) is 4.00. The Bertz CT molecular complexity index is 181. The Balaban J connectivity index is 0.000000461. The van der Waals surface area contributed by atoms with Gasteiger partial charge in [-0.05, 0) is 24.3 Å². The van der Waals surface area contributed by atoms with E-state index in [9.17, 15) is 4.39 Å². The number of benzene rings is 1. The van der Waals surface area contributed by atoms with E-state index >= 15 is 0 Å². The molecule has 0 spiro atoms. The molecule has 0 amide bonds. The van der Waals surface area contributed by atoms with Gasteiger partial charge in [-0.3, -0.25) is 0 Å². The van der Waals surface area contributed by atoms with Gasteiger partial charge in [0.2, 0.25) is 0 Å². The third-order valence-electron chi connectivity index (χ3n) is 1.05. The summed E-state index contributed by atoms with van der Waals surface area (Å²) in [5.74, 6) is 0.437. The second kappa shape index (κ2) is 5.71. The van der Waals surface area contributed by atoms with Crippen LogP contribution in [0, 0.1) is 5.82 Å². The van der Waals surface area contributed by atoms with Crippen LogP contribution in [-0.2, 0) is 0 Å². The lowest BCUT2D eigenvalue weighted by molar-refractivity contribution is 0.413. The smallest absolute Gasteiger partial charge is 0.123 e. The minimum absolute atomic E-state index is 0.240. The summed E-state index contributed by atoms with van der Waals surface area (Å²) in [5.41, 5.74) is 0. The van der Waals surface area contributed by atoms with E-state index in [1.54, 1.807) is 19.2 Å². The molecule has 1 nitrogen and oxygen atoms in total. The van der Waals surface area contributed by atoms with Gasteiger partial charge in [0.1, 0.15) is 11.6 Å². The average molecular weight is 156 g/mol. The molecule has 62 valence electrons. The van der Waals surface area contributed by atoms with E-state index < -0.39 is 0 Å². The van der Waals surface area contributed by atoms with Crippen LogP contribution < -0.4 is 4.74 Å². The Morgan fingerprint density at radius 2 is 1.55 bits per heavy atom. The number of rotatable bonds is 1. The Labute approximate surface area is 66.8 Å². The maximum absolute atomic E-state index is 12.2. The van der Waals surface area contributed by atoms with Crippen LogP contribution in [0.1, 0.15) is 13.8 Å². The van der Waals surface area contributed by atoms with Crippen molar-refractivity contribution >= 4 is 0 Å². The summed E-state index contributed by atoms with van der Waals surface area (Å²) >= 11 is 0. The van der Waals surface area contributed by atoms with Crippen LogP contribution in [-0.4, -0.2) is 7.11 Å². The first-order valence-electron chi connectivity index (χ1n) is 3.62. The molecular formula is C9H13FO. The molecule has 0 heterocycles. The highest BCUT2D eigenvalue weighted by Gasteiger charge is 1.88. The van der Waals surface area contributed by atoms with Crippen LogP contribution in [0.25, 0.3) is 0 Å². The van der Waals surface area contributed by atoms with Gasteiger partial charge in [-0.25, -0.2) is 4.39 Å². The molecule has 1 aromatic rings. The van der Waals surface area contributed by atoms with E-state index in [2.05, 4.69) is 0 Å². The maximum Gasteiger partial charge on any atom is 0.123 e. The van der Waals surface area contributed by atoms with Crippen LogP contribution in [0.5, 0.6) is 5.75 Å². The van der Waals surface area contributed by atoms with Gasteiger partial charge >= 0.3 is 0 Å². The van der Waals surface area contributed by atoms with Gasteiger partial charge in [-0.15, -0.1) is 0 Å². The van der Waals surface area contributed by atoms with Crippen molar-refractivity contribution in [3.05, 3.63) is 30.1 Å². The van der Waals surface area contributed by atoms with E-state index in [-0.39, 0.29) is 5.82 Å². The fraction of sp³-hybridized carbons (Fsp3) is 0.333. The van der Waals surface area contributed by atoms with E-state index in [1.165, 1.54) is 12.1 Å². The Morgan fingerprint density at radius 3 is 1.91 bits per heavy atom. The van der Waals surface area contributed by atoms with Crippen LogP contribution in [0.2, 0.25) is 0 Å². The molecule has 0 aromatic heterocycles. The molecular weight excluding hydrogens is 143 g/mol. The number of hydrogen-bond donors (Lipinski definition) is 0. The zero-order chi connectivity index (χ0) is 8.69. The second-order valence-electron chi connectivity index (χ2n) is 1.66. The predicted molar refractivity (Wildman–Crippen MR) is 44.3 cm³/mol. The highest BCUT2D eigenvalue weighted by molar-refractivity contribution is 5.21. The number of halogens is 1. The van der Waals surface area contributed by atoms with E-state index in [0.717, 1.165) is 0 Å². The summed E-state index contributed by atoms with van der Waals surface area (Å²) in [4.78, 5) is 0. The van der Waals surface area contributed by atoms with Gasteiger partial charge < -0.3 is 4.74 Å². The maximum atomic E-state index is 12.2. The summed E-state index contributed by atoms with van der Waals surface area (Å²) in [5, 5.41) is 0. The van der Waals surface area contributed by atoms with Gasteiger partial charge in [0, 0.05) is 0 Å². The zero-order valence-electron chi connectivity index (χ0n) is 7.10. The van der Waals surface area contributed by atoms with Gasteiger partial charge in [-0.1, -0.05) is 13.8 Å². The first kappa shape index (κ1) is 9.95. The normalized spacial score (nSPS) is 8.00. The lowest BCUT2D eigenvalue weighted by atomic mass is 10.3. The molecule has 0 aliphatic carbocycles. The van der Waals surface area contributed by atoms with E-state index in [1.807, 2.05) is 13.8 Å². The summed E-state index contributed by atoms with van der Waals surface area (Å²) in [7, 11) is 1.55. The molecule has 0 aliphatic rings. The van der Waals surface area contributed by atoms with Gasteiger partial charge in [0.25, 0.3) is 0 Å². The molecule has 0 unspecified atom stereocenters. The number of ether oxygens (including phenoxy) is 1. The highest BCUT2D eigenvalue weighted by Crippen LogP contribution is 2.08. The summed E-state index contributed by atoms with van der Waals surface area (Å²) in [6, 6.07) is 5.88. The molecule has 0 saturated heterocycles. The third-order valence-corrected chi connectivity index (χ3v) is 1.05. The summed E-state index contributed by atoms with van der Waals surface area (Å²) < 4.78 is 17.0. The Kier molecular flexibility index (Phi) is 5.17. The van der Waals surface area contributed by atoms with Crippen molar-refractivity contribution in [1.29, 1.82) is 0 Å². The van der Waals surface area contributed by atoms with Crippen molar-refractivity contribution in [2.24, 2.45) is 0 Å². The van der Waals surface area contributed by atoms with Crippen LogP contribution in [0.3, 0.4) is 0 Å². The lowest BCUT2D eigenvalue weighted by Gasteiger charge is -1.95. The average Bonchev–Trinajstić information content (AvgIpc) is 2.10. The number of hydrogen-bond acceptors (Lipinski definition) is 1. The van der Waals surface area contributed by atoms with Crippen molar-refractivity contribution in [3.63, 3.8) is 0 Å². The molecule has 0 fully saturated rings. The molecule has 1 aromatic carbocycles. The standard InChI is InChI=1S/C7H7FO.C2H6/c1-9-7-4-2-6(8)3-5-7;1-2/h2-5H,1H3;1-2H3. The van der Waals surface area contributed by atoms with Crippen LogP contribution >= 0.6 is 0 Å². The predicted octanol–water partition coefficient (Wildman–Crippen LogP) is 2.86. The van der Waals surface area contributed by atoms with Gasteiger partial charge in [0.05, 0.1) is 7.11 Å². The fourth-order valence-electron chi connectivity index (χ4n) is 0.571. The van der Waals surface area contributed by atoms with Crippen molar-refractivity contribution in [2.75, 3.05) is 7.11 Å².